The van der Waals surface area contributed by atoms with Crippen LogP contribution in [-0.4, -0.2) is 119 Å². The Kier molecular flexibility index (Phi) is 11.7. The number of amides is 7. The molecule has 3 aliphatic rings. The van der Waals surface area contributed by atoms with Crippen molar-refractivity contribution in [1.82, 2.24) is 36.4 Å². The van der Waals surface area contributed by atoms with E-state index in [1.54, 1.807) is 44.2 Å². The molecule has 7 amide bonds. The van der Waals surface area contributed by atoms with Gasteiger partial charge in [-0.1, -0.05) is 44.2 Å². The first kappa shape index (κ1) is 34.3. The highest BCUT2D eigenvalue weighted by molar-refractivity contribution is 5.97. The zero-order valence-corrected chi connectivity index (χ0v) is 26.1. The first-order valence-corrected chi connectivity index (χ1v) is 15.7. The molecule has 3 aliphatic heterocycles. The van der Waals surface area contributed by atoms with Crippen molar-refractivity contribution >= 4 is 41.4 Å². The highest BCUT2D eigenvalue weighted by atomic mass is 16.3. The van der Waals surface area contributed by atoms with Gasteiger partial charge in [0.15, 0.2) is 0 Å². The van der Waals surface area contributed by atoms with Gasteiger partial charge in [0.25, 0.3) is 0 Å². The Labute approximate surface area is 267 Å². The van der Waals surface area contributed by atoms with Gasteiger partial charge in [-0.2, -0.15) is 0 Å². The van der Waals surface area contributed by atoms with Gasteiger partial charge in [-0.3, -0.25) is 33.6 Å². The second-order valence-electron chi connectivity index (χ2n) is 12.2. The average Bonchev–Trinajstić information content (AvgIpc) is 3.74. The maximum absolute atomic E-state index is 13.7. The lowest BCUT2D eigenvalue weighted by molar-refractivity contribution is -0.144. The number of hydrogen-bond acceptors (Lipinski definition) is 8. The number of fused-ring (bicyclic) bond motifs is 2. The van der Waals surface area contributed by atoms with Crippen LogP contribution >= 0.6 is 0 Å². The van der Waals surface area contributed by atoms with Crippen LogP contribution in [0.15, 0.2) is 30.3 Å². The quantitative estimate of drug-likeness (QED) is 0.208. The van der Waals surface area contributed by atoms with Gasteiger partial charge in [0.2, 0.25) is 41.4 Å². The lowest BCUT2D eigenvalue weighted by Gasteiger charge is -2.32. The molecule has 3 fully saturated rings. The van der Waals surface area contributed by atoms with E-state index in [9.17, 15) is 38.7 Å². The molecular formula is C31H43N7O8. The van der Waals surface area contributed by atoms with E-state index in [0.29, 0.717) is 31.2 Å². The third kappa shape index (κ3) is 8.38. The summed E-state index contributed by atoms with van der Waals surface area (Å²) >= 11 is 0. The Morgan fingerprint density at radius 2 is 1.37 bits per heavy atom. The van der Waals surface area contributed by atoms with E-state index < -0.39 is 91.3 Å². The predicted molar refractivity (Wildman–Crippen MR) is 163 cm³/mol. The van der Waals surface area contributed by atoms with E-state index in [1.807, 2.05) is 0 Å². The van der Waals surface area contributed by atoms with Crippen LogP contribution in [0, 0.1) is 5.92 Å². The normalized spacial score (nSPS) is 27.6. The van der Waals surface area contributed by atoms with Crippen molar-refractivity contribution in [2.45, 2.75) is 76.2 Å². The van der Waals surface area contributed by atoms with Gasteiger partial charge in [-0.15, -0.1) is 0 Å². The molecule has 0 radical (unpaired) electrons. The SMILES string of the molecule is CC(C)[C@@H]1NC(=O)[C@@H]2CCCN2C(=O)CNC(=O)[C@H](Cc2ccccc2)NC(=O)[C@H](CO)NC(=O)CNC(=O)[C@@H]2CCCN2C1=O. The number of benzene rings is 1. The van der Waals surface area contributed by atoms with Crippen LogP contribution in [-0.2, 0) is 40.0 Å². The Hall–Kier alpha value is -4.53. The Morgan fingerprint density at radius 3 is 2.02 bits per heavy atom. The lowest BCUT2D eigenvalue weighted by Crippen LogP contribution is -2.58. The molecule has 250 valence electrons. The molecule has 46 heavy (non-hydrogen) atoms. The first-order chi connectivity index (χ1) is 22.0. The van der Waals surface area contributed by atoms with E-state index >= 15 is 0 Å². The van der Waals surface area contributed by atoms with Gasteiger partial charge in [0.05, 0.1) is 19.7 Å². The fourth-order valence-electron chi connectivity index (χ4n) is 6.03. The lowest BCUT2D eigenvalue weighted by atomic mass is 10.0. The fraction of sp³-hybridized carbons (Fsp3) is 0.581. The standard InChI is InChI=1S/C31H43N7O8/c1-18(2)26-31(46)38-13-7-10-22(38)29(44)32-15-24(40)34-21(17-39)28(43)35-20(14-19-8-4-3-5-9-19)27(42)33-16-25(41)37-12-6-11-23(37)30(45)36-26/h3-5,8-9,18,20-23,26,39H,6-7,10-17H2,1-2H3,(H,32,44)(H,33,42)(H,34,40)(H,35,43)(H,36,45)/t20-,21-,22-,23-,26-/m0/s1. The zero-order chi connectivity index (χ0) is 33.4. The zero-order valence-electron chi connectivity index (χ0n) is 26.1. The molecular weight excluding hydrogens is 598 g/mol. The van der Waals surface area contributed by atoms with Crippen molar-refractivity contribution < 1.29 is 38.7 Å². The molecule has 0 saturated carbocycles. The summed E-state index contributed by atoms with van der Waals surface area (Å²) in [7, 11) is 0. The first-order valence-electron chi connectivity index (χ1n) is 15.7. The summed E-state index contributed by atoms with van der Waals surface area (Å²) in [6.07, 6.45) is 1.87. The summed E-state index contributed by atoms with van der Waals surface area (Å²) in [6.45, 7) is 2.34. The minimum atomic E-state index is -1.44. The van der Waals surface area contributed by atoms with Gasteiger partial charge in [-0.05, 0) is 37.2 Å². The number of hydrogen-bond donors (Lipinski definition) is 6. The monoisotopic (exact) mass is 641 g/mol. The number of aliphatic hydroxyl groups excluding tert-OH is 1. The Bertz CT molecular complexity index is 1320. The van der Waals surface area contributed by atoms with Crippen LogP contribution in [0.25, 0.3) is 0 Å². The predicted octanol–water partition coefficient (Wildman–Crippen LogP) is -2.44. The molecule has 0 aromatic heterocycles. The van der Waals surface area contributed by atoms with Crippen molar-refractivity contribution in [3.05, 3.63) is 35.9 Å². The number of carbonyl (C=O) groups excluding carboxylic acids is 7. The van der Waals surface area contributed by atoms with E-state index in [4.69, 9.17) is 0 Å². The second kappa shape index (κ2) is 15.7. The Morgan fingerprint density at radius 1 is 0.739 bits per heavy atom. The molecule has 6 N–H and O–H groups in total. The minimum absolute atomic E-state index is 0.0476. The second-order valence-corrected chi connectivity index (χ2v) is 12.2. The average molecular weight is 642 g/mol. The molecule has 1 aromatic rings. The number of aliphatic hydroxyl groups is 1. The molecule has 3 saturated heterocycles. The van der Waals surface area contributed by atoms with E-state index in [-0.39, 0.29) is 25.4 Å². The van der Waals surface area contributed by atoms with Crippen molar-refractivity contribution in [3.8, 4) is 0 Å². The molecule has 4 rings (SSSR count). The van der Waals surface area contributed by atoms with Crippen LogP contribution in [0.1, 0.15) is 45.1 Å². The number of nitrogens with one attached hydrogen (secondary N) is 5. The van der Waals surface area contributed by atoms with Gasteiger partial charge < -0.3 is 41.5 Å². The highest BCUT2D eigenvalue weighted by Gasteiger charge is 2.41. The van der Waals surface area contributed by atoms with Crippen molar-refractivity contribution in [2.24, 2.45) is 5.92 Å². The van der Waals surface area contributed by atoms with Gasteiger partial charge in [0, 0.05) is 19.5 Å². The topological polar surface area (TPSA) is 206 Å². The van der Waals surface area contributed by atoms with E-state index in [0.717, 1.165) is 0 Å². The number of rotatable bonds is 4. The summed E-state index contributed by atoms with van der Waals surface area (Å²) in [5, 5.41) is 22.6. The van der Waals surface area contributed by atoms with Crippen LogP contribution in [0.2, 0.25) is 0 Å². The van der Waals surface area contributed by atoms with Gasteiger partial charge in [-0.25, -0.2) is 0 Å². The largest absolute Gasteiger partial charge is 0.394 e. The molecule has 3 heterocycles. The molecule has 0 unspecified atom stereocenters. The van der Waals surface area contributed by atoms with Crippen LogP contribution in [0.3, 0.4) is 0 Å². The van der Waals surface area contributed by atoms with Gasteiger partial charge in [0.1, 0.15) is 30.2 Å². The molecule has 0 bridgehead atoms. The summed E-state index contributed by atoms with van der Waals surface area (Å²) in [5.41, 5.74) is 0.707. The summed E-state index contributed by atoms with van der Waals surface area (Å²) < 4.78 is 0. The summed E-state index contributed by atoms with van der Waals surface area (Å²) in [4.78, 5) is 95.4. The van der Waals surface area contributed by atoms with Crippen molar-refractivity contribution in [3.63, 3.8) is 0 Å². The smallest absolute Gasteiger partial charge is 0.246 e. The fourth-order valence-corrected chi connectivity index (χ4v) is 6.03. The number of nitrogens with zero attached hydrogens (tertiary/aromatic N) is 2. The maximum atomic E-state index is 13.7. The summed E-state index contributed by atoms with van der Waals surface area (Å²) in [6, 6.07) is 3.53. The molecule has 0 spiro atoms. The van der Waals surface area contributed by atoms with Crippen molar-refractivity contribution in [1.29, 1.82) is 0 Å². The summed E-state index contributed by atoms with van der Waals surface area (Å²) in [5.74, 6) is -4.66. The van der Waals surface area contributed by atoms with Crippen LogP contribution in [0.4, 0.5) is 0 Å². The third-order valence-electron chi connectivity index (χ3n) is 8.53. The highest BCUT2D eigenvalue weighted by Crippen LogP contribution is 2.22. The minimum Gasteiger partial charge on any atom is -0.394 e. The van der Waals surface area contributed by atoms with Gasteiger partial charge >= 0.3 is 0 Å². The van der Waals surface area contributed by atoms with Crippen molar-refractivity contribution in [2.75, 3.05) is 32.8 Å². The molecule has 15 nitrogen and oxygen atoms in total. The number of carbonyl (C=O) groups is 7. The van der Waals surface area contributed by atoms with Crippen LogP contribution < -0.4 is 26.6 Å². The molecule has 1 aromatic carbocycles. The molecule has 15 heteroatoms. The Balaban J connectivity index is 1.60. The van der Waals surface area contributed by atoms with E-state index in [2.05, 4.69) is 26.6 Å². The maximum Gasteiger partial charge on any atom is 0.246 e. The third-order valence-corrected chi connectivity index (χ3v) is 8.53. The van der Waals surface area contributed by atoms with Crippen LogP contribution in [0.5, 0.6) is 0 Å². The molecule has 5 atom stereocenters. The molecule has 0 aliphatic carbocycles. The van der Waals surface area contributed by atoms with E-state index in [1.165, 1.54) is 9.80 Å².